The summed E-state index contributed by atoms with van der Waals surface area (Å²) in [6.07, 6.45) is 1.67. The first kappa shape index (κ1) is 25.9. The van der Waals surface area contributed by atoms with Crippen LogP contribution >= 0.6 is 24.0 Å². The third-order valence-corrected chi connectivity index (χ3v) is 4.98. The molecule has 2 rings (SSSR count). The van der Waals surface area contributed by atoms with E-state index in [-0.39, 0.29) is 35.9 Å². The molecule has 0 saturated carbocycles. The van der Waals surface area contributed by atoms with Crippen molar-refractivity contribution in [1.82, 2.24) is 25.7 Å². The van der Waals surface area contributed by atoms with Gasteiger partial charge in [0.2, 0.25) is 0 Å². The molecule has 1 atom stereocenters. The first-order valence-corrected chi connectivity index (χ1v) is 10.2. The molecular formula is C22H35IN6O. The van der Waals surface area contributed by atoms with Crippen LogP contribution < -0.4 is 16.0 Å². The molecule has 3 N–H and O–H groups in total. The number of halogens is 1. The van der Waals surface area contributed by atoms with E-state index < -0.39 is 0 Å². The van der Waals surface area contributed by atoms with Crippen LogP contribution in [0.2, 0.25) is 0 Å². The Morgan fingerprint density at radius 2 is 2.03 bits per heavy atom. The van der Waals surface area contributed by atoms with Gasteiger partial charge in [-0.15, -0.1) is 24.0 Å². The molecule has 2 aromatic rings. The summed E-state index contributed by atoms with van der Waals surface area (Å²) in [5.41, 5.74) is 5.34. The van der Waals surface area contributed by atoms with Crippen LogP contribution in [-0.4, -0.2) is 47.8 Å². The monoisotopic (exact) mass is 526 g/mol. The molecule has 1 aromatic carbocycles. The van der Waals surface area contributed by atoms with Gasteiger partial charge in [0.15, 0.2) is 5.96 Å². The van der Waals surface area contributed by atoms with Crippen LogP contribution in [0.25, 0.3) is 0 Å². The van der Waals surface area contributed by atoms with Crippen LogP contribution in [0, 0.1) is 13.8 Å². The van der Waals surface area contributed by atoms with E-state index >= 15 is 0 Å². The van der Waals surface area contributed by atoms with Crippen LogP contribution in [-0.2, 0) is 19.9 Å². The Kier molecular flexibility index (Phi) is 10.9. The maximum Gasteiger partial charge on any atom is 0.251 e. The van der Waals surface area contributed by atoms with Crippen molar-refractivity contribution in [3.8, 4) is 0 Å². The fourth-order valence-corrected chi connectivity index (χ4v) is 3.33. The third-order valence-electron chi connectivity index (χ3n) is 4.98. The van der Waals surface area contributed by atoms with Gasteiger partial charge in [-0.2, -0.15) is 5.10 Å². The van der Waals surface area contributed by atoms with E-state index in [0.29, 0.717) is 12.1 Å². The molecule has 1 aromatic heterocycles. The summed E-state index contributed by atoms with van der Waals surface area (Å²) in [6, 6.07) is 7.91. The van der Waals surface area contributed by atoms with E-state index in [1.165, 1.54) is 11.3 Å². The van der Waals surface area contributed by atoms with E-state index in [9.17, 15) is 4.79 Å². The number of hydrogen-bond acceptors (Lipinski definition) is 3. The second kappa shape index (κ2) is 12.6. The number of aliphatic imine (C=N–C) groups is 1. The van der Waals surface area contributed by atoms with Crippen molar-refractivity contribution in [1.29, 1.82) is 0 Å². The maximum atomic E-state index is 11.8. The molecule has 0 aliphatic carbocycles. The number of carbonyl (C=O) groups excluding carboxylic acids is 1. The number of rotatable bonds is 8. The minimum atomic E-state index is -0.0693. The lowest BCUT2D eigenvalue weighted by Crippen LogP contribution is -2.43. The molecule has 166 valence electrons. The summed E-state index contributed by atoms with van der Waals surface area (Å²) in [4.78, 5) is 16.5. The fourth-order valence-electron chi connectivity index (χ4n) is 3.33. The van der Waals surface area contributed by atoms with Crippen molar-refractivity contribution in [2.24, 2.45) is 12.0 Å². The van der Waals surface area contributed by atoms with E-state index in [1.54, 1.807) is 7.05 Å². The Labute approximate surface area is 197 Å². The average Bonchev–Trinajstić information content (AvgIpc) is 2.93. The molecule has 30 heavy (non-hydrogen) atoms. The summed E-state index contributed by atoms with van der Waals surface area (Å²) >= 11 is 0. The van der Waals surface area contributed by atoms with E-state index in [2.05, 4.69) is 48.7 Å². The minimum Gasteiger partial charge on any atom is -0.357 e. The Balaban J connectivity index is 0.00000450. The molecule has 1 unspecified atom stereocenters. The lowest BCUT2D eigenvalue weighted by atomic mass is 10.1. The number of carbonyl (C=O) groups is 1. The van der Waals surface area contributed by atoms with E-state index in [1.807, 2.05) is 36.0 Å². The summed E-state index contributed by atoms with van der Waals surface area (Å²) in [5, 5.41) is 14.0. The number of aromatic nitrogens is 2. The number of guanidine groups is 1. The van der Waals surface area contributed by atoms with Crippen molar-refractivity contribution >= 4 is 35.8 Å². The molecule has 8 heteroatoms. The van der Waals surface area contributed by atoms with Gasteiger partial charge in [-0.05, 0) is 63.8 Å². The Morgan fingerprint density at radius 1 is 1.30 bits per heavy atom. The van der Waals surface area contributed by atoms with Gasteiger partial charge < -0.3 is 16.0 Å². The molecule has 0 aliphatic rings. The molecular weight excluding hydrogens is 491 g/mol. The van der Waals surface area contributed by atoms with Gasteiger partial charge >= 0.3 is 0 Å². The largest absolute Gasteiger partial charge is 0.357 e. The molecule has 0 spiro atoms. The summed E-state index contributed by atoms with van der Waals surface area (Å²) in [6.45, 7) is 9.82. The van der Waals surface area contributed by atoms with Crippen molar-refractivity contribution in [3.63, 3.8) is 0 Å². The number of benzene rings is 1. The lowest BCUT2D eigenvalue weighted by molar-refractivity contribution is 0.0963. The molecule has 1 amide bonds. The quantitative estimate of drug-likeness (QED) is 0.281. The molecule has 0 fully saturated rings. The number of aryl methyl sites for hydroxylation is 2. The molecule has 7 nitrogen and oxygen atoms in total. The van der Waals surface area contributed by atoms with Gasteiger partial charge in [0.25, 0.3) is 5.91 Å². The Bertz CT molecular complexity index is 861. The minimum absolute atomic E-state index is 0. The third kappa shape index (κ3) is 7.30. The maximum absolute atomic E-state index is 11.8. The number of hydrogen-bond donors (Lipinski definition) is 3. The van der Waals surface area contributed by atoms with Crippen molar-refractivity contribution in [3.05, 3.63) is 52.3 Å². The predicted molar refractivity (Wildman–Crippen MR) is 134 cm³/mol. The molecule has 0 saturated heterocycles. The highest BCUT2D eigenvalue weighted by atomic mass is 127. The Hall–Kier alpha value is -2.10. The predicted octanol–water partition coefficient (Wildman–Crippen LogP) is 2.74. The van der Waals surface area contributed by atoms with Crippen LogP contribution in [0.1, 0.15) is 46.7 Å². The molecule has 1 heterocycles. The zero-order chi connectivity index (χ0) is 21.4. The number of amides is 1. The molecule has 0 bridgehead atoms. The second-order valence-electron chi connectivity index (χ2n) is 7.31. The van der Waals surface area contributed by atoms with Gasteiger partial charge in [-0.25, -0.2) is 0 Å². The smallest absolute Gasteiger partial charge is 0.251 e. The first-order chi connectivity index (χ1) is 13.8. The highest BCUT2D eigenvalue weighted by Crippen LogP contribution is 2.14. The van der Waals surface area contributed by atoms with Gasteiger partial charge in [-0.3, -0.25) is 14.5 Å². The van der Waals surface area contributed by atoms with Crippen molar-refractivity contribution in [2.45, 2.75) is 46.6 Å². The van der Waals surface area contributed by atoms with Gasteiger partial charge in [-0.1, -0.05) is 12.1 Å². The molecule has 0 aliphatic heterocycles. The van der Waals surface area contributed by atoms with Gasteiger partial charge in [0.1, 0.15) is 0 Å². The number of nitrogens with zero attached hydrogens (tertiary/aromatic N) is 3. The zero-order valence-corrected chi connectivity index (χ0v) is 21.2. The molecule has 0 radical (unpaired) electrons. The lowest BCUT2D eigenvalue weighted by Gasteiger charge is -2.18. The van der Waals surface area contributed by atoms with Gasteiger partial charge in [0.05, 0.1) is 5.69 Å². The van der Waals surface area contributed by atoms with Crippen LogP contribution in [0.3, 0.4) is 0 Å². The van der Waals surface area contributed by atoms with Crippen LogP contribution in [0.5, 0.6) is 0 Å². The van der Waals surface area contributed by atoms with Crippen LogP contribution in [0.4, 0.5) is 0 Å². The SMILES string of the molecule is CCNC(=NCCc1cccc(C(=O)NC)c1)NC(C)Cc1c(C)nn(C)c1C.I. The number of nitrogens with one attached hydrogen (secondary N) is 3. The van der Waals surface area contributed by atoms with E-state index in [4.69, 9.17) is 4.99 Å². The standard InChI is InChI=1S/C22H34N6O.HI/c1-7-24-22(26-15(2)13-20-16(3)27-28(6)17(20)4)25-12-11-18-9-8-10-19(14-18)21(29)23-5;/h8-10,14-15H,7,11-13H2,1-6H3,(H,23,29)(H2,24,25,26);1H. The summed E-state index contributed by atoms with van der Waals surface area (Å²) in [7, 11) is 3.62. The fraction of sp³-hybridized carbons (Fsp3) is 0.500. The highest BCUT2D eigenvalue weighted by molar-refractivity contribution is 14.0. The van der Waals surface area contributed by atoms with Gasteiger partial charge in [0, 0.05) is 44.5 Å². The Morgan fingerprint density at radius 3 is 2.63 bits per heavy atom. The van der Waals surface area contributed by atoms with Crippen LogP contribution in [0.15, 0.2) is 29.3 Å². The first-order valence-electron chi connectivity index (χ1n) is 10.2. The summed E-state index contributed by atoms with van der Waals surface area (Å²) < 4.78 is 1.93. The highest BCUT2D eigenvalue weighted by Gasteiger charge is 2.14. The zero-order valence-electron chi connectivity index (χ0n) is 18.9. The van der Waals surface area contributed by atoms with Crippen molar-refractivity contribution < 1.29 is 4.79 Å². The summed E-state index contributed by atoms with van der Waals surface area (Å²) in [5.74, 6) is 0.738. The normalized spacial score (nSPS) is 12.1. The topological polar surface area (TPSA) is 83.3 Å². The van der Waals surface area contributed by atoms with Crippen molar-refractivity contribution in [2.75, 3.05) is 20.1 Å². The second-order valence-corrected chi connectivity index (χ2v) is 7.31. The van der Waals surface area contributed by atoms with E-state index in [0.717, 1.165) is 36.6 Å². The average molecular weight is 526 g/mol.